The van der Waals surface area contributed by atoms with E-state index in [1.807, 2.05) is 48.4 Å². The number of sulfonamides is 1. The molecule has 1 atom stereocenters. The molecule has 0 spiro atoms. The highest BCUT2D eigenvalue weighted by Gasteiger charge is 2.37. The van der Waals surface area contributed by atoms with Gasteiger partial charge in [-0.1, -0.05) is 53.2 Å². The molecule has 2 aliphatic rings. The first kappa shape index (κ1) is 27.4. The van der Waals surface area contributed by atoms with E-state index < -0.39 is 10.0 Å². The number of imidazole rings is 1. The molecule has 3 heterocycles. The minimum atomic E-state index is -3.51. The second kappa shape index (κ2) is 11.5. The molecule has 38 heavy (non-hydrogen) atoms. The van der Waals surface area contributed by atoms with Gasteiger partial charge in [-0.2, -0.15) is 4.31 Å². The maximum Gasteiger partial charge on any atom is 0.214 e. The Bertz CT molecular complexity index is 1340. The minimum Gasteiger partial charge on any atom is -0.364 e. The van der Waals surface area contributed by atoms with E-state index in [1.54, 1.807) is 4.31 Å². The van der Waals surface area contributed by atoms with Crippen LogP contribution in [0.4, 0.5) is 5.69 Å². The van der Waals surface area contributed by atoms with Crippen LogP contribution in [0.1, 0.15) is 43.0 Å². The molecule has 0 amide bonds. The molecule has 1 aromatic heterocycles. The van der Waals surface area contributed by atoms with Gasteiger partial charge in [0.15, 0.2) is 0 Å². The van der Waals surface area contributed by atoms with Crippen molar-refractivity contribution < 1.29 is 8.42 Å². The van der Waals surface area contributed by atoms with Gasteiger partial charge in [-0.25, -0.2) is 13.4 Å². The first-order chi connectivity index (χ1) is 18.2. The molecule has 5 rings (SSSR count). The fourth-order valence-corrected chi connectivity index (χ4v) is 8.09. The summed E-state index contributed by atoms with van der Waals surface area (Å²) in [7, 11) is -1.51. The fourth-order valence-electron chi connectivity index (χ4n) is 5.76. The van der Waals surface area contributed by atoms with Crippen LogP contribution < -0.4 is 10.2 Å². The van der Waals surface area contributed by atoms with Gasteiger partial charge >= 0.3 is 0 Å². The Morgan fingerprint density at radius 1 is 1.13 bits per heavy atom. The predicted molar refractivity (Wildman–Crippen MR) is 156 cm³/mol. The molecule has 204 valence electrons. The summed E-state index contributed by atoms with van der Waals surface area (Å²) < 4.78 is 33.1. The summed E-state index contributed by atoms with van der Waals surface area (Å²) in [6.07, 6.45) is 7.10. The highest BCUT2D eigenvalue weighted by molar-refractivity contribution is 9.10. The molecular formula is C29H38BrN5O2S. The lowest BCUT2D eigenvalue weighted by Gasteiger charge is -2.36. The van der Waals surface area contributed by atoms with Crippen molar-refractivity contribution in [3.63, 3.8) is 0 Å². The van der Waals surface area contributed by atoms with Crippen molar-refractivity contribution in [1.29, 1.82) is 0 Å². The van der Waals surface area contributed by atoms with E-state index >= 15 is 0 Å². The molecule has 1 saturated heterocycles. The summed E-state index contributed by atoms with van der Waals surface area (Å²) in [4.78, 5) is 6.64. The molecule has 1 fully saturated rings. The number of nitrogens with one attached hydrogen (secondary N) is 1. The number of nitrogens with zero attached hydrogens (tertiary/aromatic N) is 4. The van der Waals surface area contributed by atoms with Gasteiger partial charge in [-0.3, -0.25) is 0 Å². The molecule has 0 radical (unpaired) electrons. The van der Waals surface area contributed by atoms with Gasteiger partial charge in [0, 0.05) is 42.5 Å². The number of hydrogen-bond donors (Lipinski definition) is 1. The van der Waals surface area contributed by atoms with Gasteiger partial charge < -0.3 is 14.8 Å². The third kappa shape index (κ3) is 6.33. The van der Waals surface area contributed by atoms with Crippen molar-refractivity contribution in [1.82, 2.24) is 19.2 Å². The van der Waals surface area contributed by atoms with E-state index in [4.69, 9.17) is 0 Å². The second-order valence-corrected chi connectivity index (χ2v) is 14.1. The zero-order valence-corrected chi connectivity index (χ0v) is 24.7. The van der Waals surface area contributed by atoms with Gasteiger partial charge in [-0.05, 0) is 73.5 Å². The van der Waals surface area contributed by atoms with E-state index in [1.165, 1.54) is 0 Å². The molecule has 9 heteroatoms. The third-order valence-corrected chi connectivity index (χ3v) is 10.6. The van der Waals surface area contributed by atoms with Gasteiger partial charge in [0.05, 0.1) is 24.3 Å². The highest BCUT2D eigenvalue weighted by atomic mass is 79.9. The Hall–Kier alpha value is -2.20. The number of benzene rings is 2. The van der Waals surface area contributed by atoms with E-state index in [-0.39, 0.29) is 17.2 Å². The molecular weight excluding hydrogens is 562 g/mol. The summed E-state index contributed by atoms with van der Waals surface area (Å²) in [5.74, 6) is 0.180. The summed E-state index contributed by atoms with van der Waals surface area (Å²) in [5, 5.41) is 3.41. The number of anilines is 1. The van der Waals surface area contributed by atoms with Crippen molar-refractivity contribution in [2.75, 3.05) is 30.3 Å². The Balaban J connectivity index is 1.50. The monoisotopic (exact) mass is 599 g/mol. The van der Waals surface area contributed by atoms with Crippen LogP contribution in [0.3, 0.4) is 0 Å². The van der Waals surface area contributed by atoms with Gasteiger partial charge in [0.2, 0.25) is 10.0 Å². The third-order valence-electron chi connectivity index (χ3n) is 8.26. The molecule has 0 saturated carbocycles. The van der Waals surface area contributed by atoms with Crippen LogP contribution >= 0.6 is 15.9 Å². The predicted octanol–water partition coefficient (Wildman–Crippen LogP) is 4.73. The van der Waals surface area contributed by atoms with Crippen molar-refractivity contribution >= 4 is 31.6 Å². The number of halogens is 1. The largest absolute Gasteiger partial charge is 0.364 e. The molecule has 0 aliphatic carbocycles. The molecule has 0 bridgehead atoms. The molecule has 2 aliphatic heterocycles. The molecule has 1 N–H and O–H groups in total. The average molecular weight is 601 g/mol. The minimum absolute atomic E-state index is 0.0611. The Morgan fingerprint density at radius 2 is 1.89 bits per heavy atom. The van der Waals surface area contributed by atoms with Crippen LogP contribution in [-0.2, 0) is 36.6 Å². The van der Waals surface area contributed by atoms with Crippen LogP contribution in [0.25, 0.3) is 0 Å². The number of fused-ring (bicyclic) bond motifs is 1. The lowest BCUT2D eigenvalue weighted by molar-refractivity contribution is 0.219. The quantitative estimate of drug-likeness (QED) is 0.405. The van der Waals surface area contributed by atoms with Crippen molar-refractivity contribution in [3.8, 4) is 0 Å². The van der Waals surface area contributed by atoms with Crippen LogP contribution in [-0.4, -0.2) is 53.7 Å². The van der Waals surface area contributed by atoms with E-state index in [9.17, 15) is 8.42 Å². The zero-order valence-electron chi connectivity index (χ0n) is 22.3. The lowest BCUT2D eigenvalue weighted by atomic mass is 9.79. The smallest absolute Gasteiger partial charge is 0.214 e. The second-order valence-electron chi connectivity index (χ2n) is 11.2. The van der Waals surface area contributed by atoms with Gasteiger partial charge in [0.25, 0.3) is 0 Å². The number of aryl methyl sites for hydroxylation is 1. The Morgan fingerprint density at radius 3 is 2.61 bits per heavy atom. The number of aromatic nitrogens is 2. The van der Waals surface area contributed by atoms with Crippen LogP contribution in [0.15, 0.2) is 65.5 Å². The average Bonchev–Trinajstić information content (AvgIpc) is 3.23. The Kier molecular flexibility index (Phi) is 8.28. The van der Waals surface area contributed by atoms with E-state index in [2.05, 4.69) is 62.3 Å². The van der Waals surface area contributed by atoms with Crippen molar-refractivity contribution in [2.45, 2.75) is 51.7 Å². The first-order valence-corrected chi connectivity index (χ1v) is 15.9. The molecule has 3 aromatic rings. The SMILES string of the molecule is Cn1cncc1CN1CC(Cc2ccccc2)N(S(=O)(=O)CCC2(C)CCNCC2)Cc2cc(Br)ccc21. The first-order valence-electron chi connectivity index (χ1n) is 13.5. The topological polar surface area (TPSA) is 70.5 Å². The molecule has 2 aromatic carbocycles. The fraction of sp³-hybridized carbons (Fsp3) is 0.483. The normalized spacial score (nSPS) is 20.2. The lowest BCUT2D eigenvalue weighted by Crippen LogP contribution is -2.47. The molecule has 7 nitrogen and oxygen atoms in total. The van der Waals surface area contributed by atoms with E-state index in [0.29, 0.717) is 32.5 Å². The van der Waals surface area contributed by atoms with Gasteiger partial charge in [-0.15, -0.1) is 0 Å². The van der Waals surface area contributed by atoms with E-state index in [0.717, 1.165) is 52.9 Å². The zero-order chi connectivity index (χ0) is 26.8. The standard InChI is InChI=1S/C29H38BrN5O2S/c1-29(10-13-31-14-11-29)12-15-38(36,37)35-19-24-17-25(30)8-9-28(24)34(21-27-18-32-22-33(27)2)20-26(35)16-23-6-4-3-5-7-23/h3-9,17-18,22,26,31H,10-16,19-21H2,1-2H3. The van der Waals surface area contributed by atoms with Crippen molar-refractivity contribution in [3.05, 3.63) is 82.3 Å². The highest BCUT2D eigenvalue weighted by Crippen LogP contribution is 2.36. The van der Waals surface area contributed by atoms with Crippen molar-refractivity contribution in [2.24, 2.45) is 12.5 Å². The van der Waals surface area contributed by atoms with Crippen LogP contribution in [0.2, 0.25) is 0 Å². The number of piperidine rings is 1. The maximum atomic E-state index is 14.2. The summed E-state index contributed by atoms with van der Waals surface area (Å²) >= 11 is 3.63. The number of rotatable bonds is 8. The summed E-state index contributed by atoms with van der Waals surface area (Å²) in [5.41, 5.74) is 4.40. The Labute approximate surface area is 235 Å². The van der Waals surface area contributed by atoms with Crippen LogP contribution in [0.5, 0.6) is 0 Å². The van der Waals surface area contributed by atoms with Crippen LogP contribution in [0, 0.1) is 5.41 Å². The van der Waals surface area contributed by atoms with Gasteiger partial charge in [0.1, 0.15) is 0 Å². The molecule has 1 unspecified atom stereocenters. The summed E-state index contributed by atoms with van der Waals surface area (Å²) in [6, 6.07) is 16.3. The summed E-state index contributed by atoms with van der Waals surface area (Å²) in [6.45, 7) is 5.80. The number of hydrogen-bond acceptors (Lipinski definition) is 5. The maximum absolute atomic E-state index is 14.2.